The number of rotatable bonds is 6. The first-order valence-electron chi connectivity index (χ1n) is 8.69. The Morgan fingerprint density at radius 1 is 1.27 bits per heavy atom. The van der Waals surface area contributed by atoms with Crippen LogP contribution >= 0.6 is 0 Å². The van der Waals surface area contributed by atoms with Crippen LogP contribution in [0.4, 0.5) is 4.79 Å². The van der Waals surface area contributed by atoms with Crippen molar-refractivity contribution in [3.05, 3.63) is 0 Å². The summed E-state index contributed by atoms with van der Waals surface area (Å²) in [7, 11) is 0. The minimum Gasteiger partial charge on any atom is -0.394 e. The summed E-state index contributed by atoms with van der Waals surface area (Å²) in [5.74, 6) is 1.15. The van der Waals surface area contributed by atoms with Gasteiger partial charge in [0.15, 0.2) is 0 Å². The van der Waals surface area contributed by atoms with Crippen LogP contribution in [0.3, 0.4) is 0 Å². The zero-order valence-corrected chi connectivity index (χ0v) is 14.6. The van der Waals surface area contributed by atoms with Gasteiger partial charge in [-0.25, -0.2) is 4.79 Å². The SMILES string of the molecule is CC1CCCN(C(C)(C)CNC(=O)NC(C)(CO)C2CC2)C1. The molecule has 0 bridgehead atoms. The molecule has 2 unspecified atom stereocenters. The molecule has 5 nitrogen and oxygen atoms in total. The molecule has 128 valence electrons. The minimum absolute atomic E-state index is 0.00187. The number of carbonyl (C=O) groups is 1. The Morgan fingerprint density at radius 2 is 1.95 bits per heavy atom. The highest BCUT2D eigenvalue weighted by molar-refractivity contribution is 5.75. The molecular weight excluding hydrogens is 278 g/mol. The highest BCUT2D eigenvalue weighted by Crippen LogP contribution is 2.39. The van der Waals surface area contributed by atoms with Crippen molar-refractivity contribution >= 4 is 6.03 Å². The van der Waals surface area contributed by atoms with Gasteiger partial charge in [-0.15, -0.1) is 0 Å². The summed E-state index contributed by atoms with van der Waals surface area (Å²) in [4.78, 5) is 14.7. The summed E-state index contributed by atoms with van der Waals surface area (Å²) >= 11 is 0. The van der Waals surface area contributed by atoms with Crippen LogP contribution in [0.1, 0.15) is 53.4 Å². The molecule has 3 N–H and O–H groups in total. The molecule has 2 rings (SSSR count). The maximum atomic E-state index is 12.2. The van der Waals surface area contributed by atoms with Crippen molar-refractivity contribution < 1.29 is 9.90 Å². The molecule has 5 heteroatoms. The predicted molar refractivity (Wildman–Crippen MR) is 88.8 cm³/mol. The van der Waals surface area contributed by atoms with Crippen LogP contribution in [0, 0.1) is 11.8 Å². The summed E-state index contributed by atoms with van der Waals surface area (Å²) in [6, 6.07) is -0.165. The van der Waals surface area contributed by atoms with Gasteiger partial charge in [0, 0.05) is 18.6 Å². The largest absolute Gasteiger partial charge is 0.394 e. The molecule has 0 aromatic heterocycles. The van der Waals surface area contributed by atoms with E-state index in [1.807, 2.05) is 6.92 Å². The van der Waals surface area contributed by atoms with Crippen LogP contribution in [-0.2, 0) is 0 Å². The lowest BCUT2D eigenvalue weighted by molar-refractivity contribution is 0.0716. The lowest BCUT2D eigenvalue weighted by atomic mass is 9.93. The molecule has 2 fully saturated rings. The van der Waals surface area contributed by atoms with Crippen molar-refractivity contribution in [2.24, 2.45) is 11.8 Å². The molecule has 22 heavy (non-hydrogen) atoms. The first-order chi connectivity index (χ1) is 10.3. The van der Waals surface area contributed by atoms with Crippen molar-refractivity contribution in [2.45, 2.75) is 64.5 Å². The van der Waals surface area contributed by atoms with Crippen LogP contribution in [0.25, 0.3) is 0 Å². The lowest BCUT2D eigenvalue weighted by Crippen LogP contribution is -2.59. The number of nitrogens with zero attached hydrogens (tertiary/aromatic N) is 1. The number of amides is 2. The van der Waals surface area contributed by atoms with Crippen LogP contribution in [0.5, 0.6) is 0 Å². The number of likely N-dealkylation sites (tertiary alicyclic amines) is 1. The molecule has 2 aliphatic rings. The number of aliphatic hydroxyl groups is 1. The van der Waals surface area contributed by atoms with E-state index < -0.39 is 5.54 Å². The molecule has 1 saturated heterocycles. The molecule has 0 spiro atoms. The second-order valence-corrected chi connectivity index (χ2v) is 8.16. The highest BCUT2D eigenvalue weighted by atomic mass is 16.3. The number of piperidine rings is 1. The first-order valence-corrected chi connectivity index (χ1v) is 8.69. The van der Waals surface area contributed by atoms with Gasteiger partial charge in [-0.1, -0.05) is 6.92 Å². The van der Waals surface area contributed by atoms with E-state index in [4.69, 9.17) is 0 Å². The number of aliphatic hydroxyl groups excluding tert-OH is 1. The Hall–Kier alpha value is -0.810. The molecule has 0 aromatic rings. The quantitative estimate of drug-likeness (QED) is 0.702. The highest BCUT2D eigenvalue weighted by Gasteiger charge is 2.42. The maximum absolute atomic E-state index is 12.2. The topological polar surface area (TPSA) is 64.6 Å². The number of nitrogens with one attached hydrogen (secondary N) is 2. The van der Waals surface area contributed by atoms with E-state index >= 15 is 0 Å². The molecule has 1 aliphatic heterocycles. The molecular formula is C17H33N3O2. The maximum Gasteiger partial charge on any atom is 0.315 e. The predicted octanol–water partition coefficient (Wildman–Crippen LogP) is 1.96. The third kappa shape index (κ3) is 4.35. The monoisotopic (exact) mass is 311 g/mol. The van der Waals surface area contributed by atoms with E-state index in [1.165, 1.54) is 12.8 Å². The van der Waals surface area contributed by atoms with Gasteiger partial charge < -0.3 is 15.7 Å². The summed E-state index contributed by atoms with van der Waals surface area (Å²) < 4.78 is 0. The van der Waals surface area contributed by atoms with Gasteiger partial charge in [0.1, 0.15) is 0 Å². The van der Waals surface area contributed by atoms with E-state index in [1.54, 1.807) is 0 Å². The third-order valence-corrected chi connectivity index (χ3v) is 5.40. The fourth-order valence-corrected chi connectivity index (χ4v) is 3.44. The van der Waals surface area contributed by atoms with Gasteiger partial charge in [-0.2, -0.15) is 0 Å². The van der Waals surface area contributed by atoms with E-state index in [0.717, 1.165) is 31.8 Å². The van der Waals surface area contributed by atoms with Crippen LogP contribution in [0.2, 0.25) is 0 Å². The minimum atomic E-state index is -0.478. The number of urea groups is 1. The average molecular weight is 311 g/mol. The van der Waals surface area contributed by atoms with Crippen molar-refractivity contribution in [1.82, 2.24) is 15.5 Å². The molecule has 2 atom stereocenters. The fourth-order valence-electron chi connectivity index (χ4n) is 3.44. The van der Waals surface area contributed by atoms with E-state index in [9.17, 15) is 9.90 Å². The molecule has 0 radical (unpaired) electrons. The van der Waals surface area contributed by atoms with Crippen molar-refractivity contribution in [3.63, 3.8) is 0 Å². The Bertz CT molecular complexity index is 395. The van der Waals surface area contributed by atoms with Crippen LogP contribution in [0.15, 0.2) is 0 Å². The lowest BCUT2D eigenvalue weighted by Gasteiger charge is -2.43. The Labute approximate surface area is 134 Å². The zero-order valence-electron chi connectivity index (χ0n) is 14.6. The van der Waals surface area contributed by atoms with Gasteiger partial charge >= 0.3 is 6.03 Å². The van der Waals surface area contributed by atoms with E-state index in [0.29, 0.717) is 12.5 Å². The molecule has 1 saturated carbocycles. The summed E-state index contributed by atoms with van der Waals surface area (Å²) in [5, 5.41) is 15.5. The smallest absolute Gasteiger partial charge is 0.315 e. The summed E-state index contributed by atoms with van der Waals surface area (Å²) in [6.07, 6.45) is 4.72. The number of hydrogen-bond donors (Lipinski definition) is 3. The second kappa shape index (κ2) is 6.75. The number of hydrogen-bond acceptors (Lipinski definition) is 3. The van der Waals surface area contributed by atoms with E-state index in [2.05, 4.69) is 36.3 Å². The van der Waals surface area contributed by atoms with Crippen molar-refractivity contribution in [3.8, 4) is 0 Å². The normalized spacial score (nSPS) is 26.3. The van der Waals surface area contributed by atoms with Gasteiger partial charge in [0.05, 0.1) is 12.1 Å². The molecule has 0 aromatic carbocycles. The van der Waals surface area contributed by atoms with Crippen LogP contribution < -0.4 is 10.6 Å². The number of carbonyl (C=O) groups excluding carboxylic acids is 1. The van der Waals surface area contributed by atoms with Gasteiger partial charge in [0.2, 0.25) is 0 Å². The standard InChI is InChI=1S/C17H33N3O2/c1-13-6-5-9-20(10-13)16(2,3)11-18-15(22)19-17(4,12-21)14-7-8-14/h13-14,21H,5-12H2,1-4H3,(H2,18,19,22). The van der Waals surface area contributed by atoms with Gasteiger partial charge in [-0.05, 0) is 64.8 Å². The summed E-state index contributed by atoms with van der Waals surface area (Å²) in [6.45, 7) is 11.4. The third-order valence-electron chi connectivity index (χ3n) is 5.40. The van der Waals surface area contributed by atoms with Gasteiger partial charge in [0.25, 0.3) is 0 Å². The van der Waals surface area contributed by atoms with Crippen LogP contribution in [-0.4, -0.2) is 53.4 Å². The Kier molecular flexibility index (Phi) is 5.38. The first kappa shape index (κ1) is 17.5. The van der Waals surface area contributed by atoms with Crippen molar-refractivity contribution in [2.75, 3.05) is 26.2 Å². The molecule has 1 aliphatic carbocycles. The Morgan fingerprint density at radius 3 is 2.50 bits per heavy atom. The molecule has 1 heterocycles. The Balaban J connectivity index is 1.81. The second-order valence-electron chi connectivity index (χ2n) is 8.16. The van der Waals surface area contributed by atoms with Gasteiger partial charge in [-0.3, -0.25) is 4.90 Å². The summed E-state index contributed by atoms with van der Waals surface area (Å²) in [5.41, 5.74) is -0.519. The molecule has 2 amide bonds. The van der Waals surface area contributed by atoms with E-state index in [-0.39, 0.29) is 18.2 Å². The van der Waals surface area contributed by atoms with Crippen molar-refractivity contribution in [1.29, 1.82) is 0 Å². The zero-order chi connectivity index (χ0) is 16.4. The average Bonchev–Trinajstić information content (AvgIpc) is 3.30. The fraction of sp³-hybridized carbons (Fsp3) is 0.941.